The van der Waals surface area contributed by atoms with Crippen LogP contribution in [-0.4, -0.2) is 25.0 Å². The van der Waals surface area contributed by atoms with Crippen LogP contribution >= 0.6 is 0 Å². The molecule has 4 heteroatoms. The van der Waals surface area contributed by atoms with Crippen LogP contribution in [-0.2, 0) is 4.79 Å². The summed E-state index contributed by atoms with van der Waals surface area (Å²) in [5.41, 5.74) is 0.655. The second-order valence-electron chi connectivity index (χ2n) is 2.91. The first kappa shape index (κ1) is 11.2. The van der Waals surface area contributed by atoms with Crippen molar-refractivity contribution in [1.29, 1.82) is 0 Å². The predicted molar refractivity (Wildman–Crippen MR) is 57.1 cm³/mol. The first-order valence-corrected chi connectivity index (χ1v) is 4.44. The minimum atomic E-state index is -0.0217. The molecule has 15 heavy (non-hydrogen) atoms. The number of carbonyl (C=O) groups is 1. The molecule has 0 spiro atoms. The number of ketones is 1. The standard InChI is InChI=1S/C11H13NO3/c1-8(13)4-5-9-6-10(14-2)11(15-3)7-12-9/h4-7H,1-3H3/b5-4+. The van der Waals surface area contributed by atoms with Gasteiger partial charge in [0.2, 0.25) is 0 Å². The Balaban J connectivity index is 2.97. The lowest BCUT2D eigenvalue weighted by molar-refractivity contribution is -0.112. The van der Waals surface area contributed by atoms with Crippen LogP contribution in [0.1, 0.15) is 12.6 Å². The fourth-order valence-electron chi connectivity index (χ4n) is 1.05. The van der Waals surface area contributed by atoms with Gasteiger partial charge < -0.3 is 9.47 Å². The van der Waals surface area contributed by atoms with Crippen LogP contribution in [0.2, 0.25) is 0 Å². The summed E-state index contributed by atoms with van der Waals surface area (Å²) < 4.78 is 10.1. The number of carbonyl (C=O) groups excluding carboxylic acids is 1. The number of pyridine rings is 1. The van der Waals surface area contributed by atoms with E-state index in [0.29, 0.717) is 17.2 Å². The van der Waals surface area contributed by atoms with Crippen molar-refractivity contribution in [3.63, 3.8) is 0 Å². The number of nitrogens with zero attached hydrogens (tertiary/aromatic N) is 1. The van der Waals surface area contributed by atoms with E-state index in [1.54, 1.807) is 32.6 Å². The van der Waals surface area contributed by atoms with E-state index in [1.165, 1.54) is 13.0 Å². The smallest absolute Gasteiger partial charge is 0.179 e. The van der Waals surface area contributed by atoms with Gasteiger partial charge in [0, 0.05) is 6.07 Å². The van der Waals surface area contributed by atoms with E-state index in [9.17, 15) is 4.79 Å². The predicted octanol–water partition coefficient (Wildman–Crippen LogP) is 1.70. The first-order chi connectivity index (χ1) is 7.17. The summed E-state index contributed by atoms with van der Waals surface area (Å²) in [5, 5.41) is 0. The van der Waals surface area contributed by atoms with E-state index >= 15 is 0 Å². The highest BCUT2D eigenvalue weighted by atomic mass is 16.5. The Hall–Kier alpha value is -1.84. The van der Waals surface area contributed by atoms with Gasteiger partial charge >= 0.3 is 0 Å². The largest absolute Gasteiger partial charge is 0.493 e. The van der Waals surface area contributed by atoms with E-state index in [1.807, 2.05) is 0 Å². The van der Waals surface area contributed by atoms with Gasteiger partial charge in [0.1, 0.15) is 0 Å². The molecule has 0 fully saturated rings. The molecule has 0 saturated carbocycles. The highest BCUT2D eigenvalue weighted by Crippen LogP contribution is 2.26. The molecule has 4 nitrogen and oxygen atoms in total. The maximum atomic E-state index is 10.7. The molecule has 0 N–H and O–H groups in total. The van der Waals surface area contributed by atoms with Crippen LogP contribution in [0, 0.1) is 0 Å². The lowest BCUT2D eigenvalue weighted by Gasteiger charge is -2.06. The normalized spacial score (nSPS) is 10.3. The number of aromatic nitrogens is 1. The van der Waals surface area contributed by atoms with Crippen molar-refractivity contribution in [2.45, 2.75) is 6.92 Å². The quantitative estimate of drug-likeness (QED) is 0.705. The molecule has 0 atom stereocenters. The molecule has 0 radical (unpaired) electrons. The number of allylic oxidation sites excluding steroid dienone is 1. The number of hydrogen-bond acceptors (Lipinski definition) is 4. The van der Waals surface area contributed by atoms with Crippen molar-refractivity contribution < 1.29 is 14.3 Å². The summed E-state index contributed by atoms with van der Waals surface area (Å²) in [6, 6.07) is 1.71. The third kappa shape index (κ3) is 3.09. The molecule has 0 aromatic carbocycles. The average Bonchev–Trinajstić information content (AvgIpc) is 2.25. The van der Waals surface area contributed by atoms with Crippen molar-refractivity contribution in [2.75, 3.05) is 14.2 Å². The topological polar surface area (TPSA) is 48.4 Å². The van der Waals surface area contributed by atoms with Gasteiger partial charge in [-0.15, -0.1) is 0 Å². The summed E-state index contributed by atoms with van der Waals surface area (Å²) in [5.74, 6) is 1.14. The van der Waals surface area contributed by atoms with Gasteiger partial charge in [-0.3, -0.25) is 9.78 Å². The highest BCUT2D eigenvalue weighted by molar-refractivity contribution is 5.91. The Kier molecular flexibility index (Phi) is 3.85. The molecule has 1 aromatic rings. The SMILES string of the molecule is COc1cnc(/C=C/C(C)=O)cc1OC. The zero-order valence-corrected chi connectivity index (χ0v) is 8.98. The Morgan fingerprint density at radius 1 is 1.33 bits per heavy atom. The molecular formula is C11H13NO3. The maximum absolute atomic E-state index is 10.7. The molecule has 1 aromatic heterocycles. The summed E-state index contributed by atoms with van der Waals surface area (Å²) in [7, 11) is 3.10. The minimum absolute atomic E-state index is 0.0217. The zero-order chi connectivity index (χ0) is 11.3. The summed E-state index contributed by atoms with van der Waals surface area (Å²) in [4.78, 5) is 14.8. The lowest BCUT2D eigenvalue weighted by atomic mass is 10.3. The van der Waals surface area contributed by atoms with Crippen molar-refractivity contribution in [3.05, 3.63) is 24.0 Å². The summed E-state index contributed by atoms with van der Waals surface area (Å²) in [6.07, 6.45) is 4.64. The van der Waals surface area contributed by atoms with Crippen molar-refractivity contribution in [1.82, 2.24) is 4.98 Å². The van der Waals surface area contributed by atoms with Crippen LogP contribution in [0.15, 0.2) is 18.3 Å². The van der Waals surface area contributed by atoms with Crippen molar-refractivity contribution in [3.8, 4) is 11.5 Å². The van der Waals surface area contributed by atoms with Crippen LogP contribution in [0.25, 0.3) is 6.08 Å². The molecule has 0 aliphatic rings. The molecular weight excluding hydrogens is 194 g/mol. The molecule has 0 unspecified atom stereocenters. The van der Waals surface area contributed by atoms with E-state index in [-0.39, 0.29) is 5.78 Å². The molecule has 1 rings (SSSR count). The second-order valence-corrected chi connectivity index (χ2v) is 2.91. The molecule has 0 bridgehead atoms. The Labute approximate surface area is 88.5 Å². The van der Waals surface area contributed by atoms with E-state index in [0.717, 1.165) is 0 Å². The number of hydrogen-bond donors (Lipinski definition) is 0. The number of methoxy groups -OCH3 is 2. The van der Waals surface area contributed by atoms with Gasteiger partial charge in [0.25, 0.3) is 0 Å². The Bertz CT molecular complexity index is 385. The van der Waals surface area contributed by atoms with Gasteiger partial charge in [0.05, 0.1) is 26.1 Å². The van der Waals surface area contributed by atoms with Crippen molar-refractivity contribution in [2.24, 2.45) is 0 Å². The third-order valence-electron chi connectivity index (χ3n) is 1.78. The van der Waals surface area contributed by atoms with E-state index in [2.05, 4.69) is 4.98 Å². The lowest BCUT2D eigenvalue weighted by Crippen LogP contribution is -1.93. The number of rotatable bonds is 4. The van der Waals surface area contributed by atoms with Crippen LogP contribution < -0.4 is 9.47 Å². The van der Waals surface area contributed by atoms with E-state index in [4.69, 9.17) is 9.47 Å². The molecule has 0 aliphatic heterocycles. The van der Waals surface area contributed by atoms with Crippen LogP contribution in [0.4, 0.5) is 0 Å². The molecule has 80 valence electrons. The van der Waals surface area contributed by atoms with Crippen LogP contribution in [0.3, 0.4) is 0 Å². The summed E-state index contributed by atoms with van der Waals surface area (Å²) in [6.45, 7) is 1.48. The van der Waals surface area contributed by atoms with Gasteiger partial charge in [0.15, 0.2) is 17.3 Å². The Morgan fingerprint density at radius 3 is 2.53 bits per heavy atom. The molecule has 1 heterocycles. The average molecular weight is 207 g/mol. The minimum Gasteiger partial charge on any atom is -0.493 e. The fraction of sp³-hybridized carbons (Fsp3) is 0.273. The Morgan fingerprint density at radius 2 is 2.00 bits per heavy atom. The van der Waals surface area contributed by atoms with Crippen LogP contribution in [0.5, 0.6) is 11.5 Å². The van der Waals surface area contributed by atoms with Gasteiger partial charge in [-0.25, -0.2) is 0 Å². The van der Waals surface area contributed by atoms with Gasteiger partial charge in [-0.05, 0) is 19.1 Å². The monoisotopic (exact) mass is 207 g/mol. The first-order valence-electron chi connectivity index (χ1n) is 4.44. The number of ether oxygens (including phenoxy) is 2. The van der Waals surface area contributed by atoms with Crippen molar-refractivity contribution >= 4 is 11.9 Å². The molecule has 0 amide bonds. The molecule has 0 saturated heterocycles. The van der Waals surface area contributed by atoms with E-state index < -0.39 is 0 Å². The maximum Gasteiger partial charge on any atom is 0.179 e. The highest BCUT2D eigenvalue weighted by Gasteiger charge is 2.03. The second kappa shape index (κ2) is 5.14. The fourth-order valence-corrected chi connectivity index (χ4v) is 1.05. The summed E-state index contributed by atoms with van der Waals surface area (Å²) >= 11 is 0. The third-order valence-corrected chi connectivity index (χ3v) is 1.78. The van der Waals surface area contributed by atoms with Gasteiger partial charge in [-0.1, -0.05) is 0 Å². The zero-order valence-electron chi connectivity index (χ0n) is 8.98. The molecule has 0 aliphatic carbocycles. The van der Waals surface area contributed by atoms with Gasteiger partial charge in [-0.2, -0.15) is 0 Å².